The monoisotopic (exact) mass is 345 g/mol. The standard InChI is InChI=1S/C20H21F2NO2/c21-17-5-1-3-15(11-17)19(16-4-2-6-18(22)12-16)13-23-9-7-14(8-10-23)20(24)25/h1-6,11-12,14,19H,7-10,13H2,(H,24,25). The average molecular weight is 345 g/mol. The van der Waals surface area contributed by atoms with Crippen molar-refractivity contribution < 1.29 is 18.7 Å². The second-order valence-electron chi connectivity index (χ2n) is 6.58. The van der Waals surface area contributed by atoms with E-state index < -0.39 is 5.97 Å². The highest BCUT2D eigenvalue weighted by Crippen LogP contribution is 2.29. The number of piperidine rings is 1. The van der Waals surface area contributed by atoms with E-state index in [1.54, 1.807) is 12.1 Å². The molecule has 3 rings (SSSR count). The molecular weight excluding hydrogens is 324 g/mol. The van der Waals surface area contributed by atoms with Crippen LogP contribution in [0.3, 0.4) is 0 Å². The molecule has 1 fully saturated rings. The average Bonchev–Trinajstić information content (AvgIpc) is 2.60. The molecule has 1 heterocycles. The van der Waals surface area contributed by atoms with E-state index >= 15 is 0 Å². The summed E-state index contributed by atoms with van der Waals surface area (Å²) in [6, 6.07) is 12.8. The molecule has 0 aromatic heterocycles. The van der Waals surface area contributed by atoms with Gasteiger partial charge in [-0.05, 0) is 61.3 Å². The van der Waals surface area contributed by atoms with Crippen LogP contribution in [-0.2, 0) is 4.79 Å². The van der Waals surface area contributed by atoms with Gasteiger partial charge in [0, 0.05) is 12.5 Å². The van der Waals surface area contributed by atoms with E-state index in [4.69, 9.17) is 5.11 Å². The summed E-state index contributed by atoms with van der Waals surface area (Å²) in [5.74, 6) is -1.83. The predicted octanol–water partition coefficient (Wildman–Crippen LogP) is 3.89. The number of benzene rings is 2. The zero-order valence-electron chi connectivity index (χ0n) is 13.9. The molecule has 1 aliphatic heterocycles. The summed E-state index contributed by atoms with van der Waals surface area (Å²) in [6.07, 6.45) is 1.21. The Labute approximate surface area is 145 Å². The molecule has 2 aromatic carbocycles. The van der Waals surface area contributed by atoms with Crippen molar-refractivity contribution >= 4 is 5.97 Å². The Bertz CT molecular complexity index is 696. The summed E-state index contributed by atoms with van der Waals surface area (Å²) < 4.78 is 27.4. The third-order valence-electron chi connectivity index (χ3n) is 4.88. The third kappa shape index (κ3) is 4.42. The van der Waals surface area contributed by atoms with Gasteiger partial charge in [0.05, 0.1) is 5.92 Å². The summed E-state index contributed by atoms with van der Waals surface area (Å²) >= 11 is 0. The number of carboxylic acids is 1. The van der Waals surface area contributed by atoms with Crippen molar-refractivity contribution in [1.82, 2.24) is 4.90 Å². The minimum atomic E-state index is -0.744. The number of hydrogen-bond donors (Lipinski definition) is 1. The molecule has 0 amide bonds. The van der Waals surface area contributed by atoms with Crippen molar-refractivity contribution in [1.29, 1.82) is 0 Å². The van der Waals surface area contributed by atoms with Crippen molar-refractivity contribution in [3.05, 3.63) is 71.3 Å². The SMILES string of the molecule is O=C(O)C1CCN(CC(c2cccc(F)c2)c2cccc(F)c2)CC1. The molecule has 25 heavy (non-hydrogen) atoms. The Morgan fingerprint density at radius 2 is 1.56 bits per heavy atom. The lowest BCUT2D eigenvalue weighted by Gasteiger charge is -2.33. The van der Waals surface area contributed by atoms with Gasteiger partial charge >= 0.3 is 5.97 Å². The van der Waals surface area contributed by atoms with Crippen molar-refractivity contribution in [3.63, 3.8) is 0 Å². The Kier molecular flexibility index (Phi) is 5.43. The van der Waals surface area contributed by atoms with Crippen molar-refractivity contribution in [2.45, 2.75) is 18.8 Å². The summed E-state index contributed by atoms with van der Waals surface area (Å²) in [6.45, 7) is 1.97. The molecule has 3 nitrogen and oxygen atoms in total. The fourth-order valence-corrected chi connectivity index (χ4v) is 3.47. The van der Waals surface area contributed by atoms with Gasteiger partial charge in [-0.3, -0.25) is 4.79 Å². The number of carboxylic acid groups (broad SMARTS) is 1. The lowest BCUT2D eigenvalue weighted by Crippen LogP contribution is -2.38. The van der Waals surface area contributed by atoms with Crippen LogP contribution in [-0.4, -0.2) is 35.6 Å². The van der Waals surface area contributed by atoms with Gasteiger partial charge in [0.15, 0.2) is 0 Å². The molecule has 2 aromatic rings. The van der Waals surface area contributed by atoms with Gasteiger partial charge in [-0.1, -0.05) is 24.3 Å². The number of carbonyl (C=O) groups is 1. The molecule has 0 unspecified atom stereocenters. The molecule has 1 aliphatic rings. The Hall–Kier alpha value is -2.27. The van der Waals surface area contributed by atoms with Crippen LogP contribution >= 0.6 is 0 Å². The first-order valence-electron chi connectivity index (χ1n) is 8.49. The van der Waals surface area contributed by atoms with Gasteiger partial charge in [0.2, 0.25) is 0 Å². The zero-order chi connectivity index (χ0) is 17.8. The van der Waals surface area contributed by atoms with Crippen LogP contribution < -0.4 is 0 Å². The first-order valence-corrected chi connectivity index (χ1v) is 8.49. The molecule has 0 saturated carbocycles. The van der Waals surface area contributed by atoms with Crippen LogP contribution in [0.1, 0.15) is 29.9 Å². The summed E-state index contributed by atoms with van der Waals surface area (Å²) in [5.41, 5.74) is 1.59. The van der Waals surface area contributed by atoms with E-state index in [0.29, 0.717) is 32.5 Å². The van der Waals surface area contributed by atoms with E-state index in [9.17, 15) is 13.6 Å². The fraction of sp³-hybridized carbons (Fsp3) is 0.350. The van der Waals surface area contributed by atoms with Crippen LogP contribution in [0.4, 0.5) is 8.78 Å². The molecule has 5 heteroatoms. The maximum Gasteiger partial charge on any atom is 0.306 e. The minimum Gasteiger partial charge on any atom is -0.481 e. The van der Waals surface area contributed by atoms with Crippen molar-refractivity contribution in [2.75, 3.05) is 19.6 Å². The molecule has 1 saturated heterocycles. The lowest BCUT2D eigenvalue weighted by atomic mass is 9.89. The molecule has 1 N–H and O–H groups in total. The van der Waals surface area contributed by atoms with Crippen LogP contribution in [0.15, 0.2) is 48.5 Å². The number of likely N-dealkylation sites (tertiary alicyclic amines) is 1. The number of aliphatic carboxylic acids is 1. The number of rotatable bonds is 5. The van der Waals surface area contributed by atoms with E-state index in [2.05, 4.69) is 4.90 Å². The molecule has 0 radical (unpaired) electrons. The molecule has 132 valence electrons. The molecular formula is C20H21F2NO2. The predicted molar refractivity (Wildman–Crippen MR) is 91.4 cm³/mol. The van der Waals surface area contributed by atoms with Crippen LogP contribution in [0.2, 0.25) is 0 Å². The van der Waals surface area contributed by atoms with Crippen LogP contribution in [0.5, 0.6) is 0 Å². The van der Waals surface area contributed by atoms with Gasteiger partial charge in [0.25, 0.3) is 0 Å². The number of hydrogen-bond acceptors (Lipinski definition) is 2. The van der Waals surface area contributed by atoms with E-state index in [0.717, 1.165) is 11.1 Å². The first-order chi connectivity index (χ1) is 12.0. The Morgan fingerprint density at radius 1 is 1.04 bits per heavy atom. The number of nitrogens with zero attached hydrogens (tertiary/aromatic N) is 1. The minimum absolute atomic E-state index is 0.159. The molecule has 0 bridgehead atoms. The van der Waals surface area contributed by atoms with E-state index in [-0.39, 0.29) is 23.5 Å². The van der Waals surface area contributed by atoms with Gasteiger partial charge in [-0.25, -0.2) is 8.78 Å². The highest BCUT2D eigenvalue weighted by atomic mass is 19.1. The maximum atomic E-state index is 13.7. The van der Waals surface area contributed by atoms with Gasteiger partial charge < -0.3 is 10.0 Å². The Balaban J connectivity index is 1.81. The summed E-state index contributed by atoms with van der Waals surface area (Å²) in [5, 5.41) is 9.12. The highest BCUT2D eigenvalue weighted by Gasteiger charge is 2.27. The number of halogens is 2. The lowest BCUT2D eigenvalue weighted by molar-refractivity contribution is -0.143. The maximum absolute atomic E-state index is 13.7. The quantitative estimate of drug-likeness (QED) is 0.894. The molecule has 0 aliphatic carbocycles. The fourth-order valence-electron chi connectivity index (χ4n) is 3.47. The highest BCUT2D eigenvalue weighted by molar-refractivity contribution is 5.70. The topological polar surface area (TPSA) is 40.5 Å². The second kappa shape index (κ2) is 7.74. The molecule has 0 spiro atoms. The Morgan fingerprint density at radius 3 is 2.00 bits per heavy atom. The van der Waals surface area contributed by atoms with Crippen molar-refractivity contribution in [3.8, 4) is 0 Å². The summed E-state index contributed by atoms with van der Waals surface area (Å²) in [4.78, 5) is 13.3. The smallest absolute Gasteiger partial charge is 0.306 e. The van der Waals surface area contributed by atoms with Gasteiger partial charge in [-0.2, -0.15) is 0 Å². The largest absolute Gasteiger partial charge is 0.481 e. The third-order valence-corrected chi connectivity index (χ3v) is 4.88. The van der Waals surface area contributed by atoms with Crippen LogP contribution in [0, 0.1) is 17.6 Å². The van der Waals surface area contributed by atoms with E-state index in [1.165, 1.54) is 24.3 Å². The second-order valence-corrected chi connectivity index (χ2v) is 6.58. The normalized spacial score (nSPS) is 16.3. The summed E-state index contributed by atoms with van der Waals surface area (Å²) in [7, 11) is 0. The van der Waals surface area contributed by atoms with Gasteiger partial charge in [0.1, 0.15) is 11.6 Å². The van der Waals surface area contributed by atoms with Gasteiger partial charge in [-0.15, -0.1) is 0 Å². The van der Waals surface area contributed by atoms with Crippen molar-refractivity contribution in [2.24, 2.45) is 5.92 Å². The van der Waals surface area contributed by atoms with E-state index in [1.807, 2.05) is 12.1 Å². The van der Waals surface area contributed by atoms with Crippen LogP contribution in [0.25, 0.3) is 0 Å². The zero-order valence-corrected chi connectivity index (χ0v) is 13.9. The molecule has 0 atom stereocenters. The first kappa shape index (κ1) is 17.5.